The summed E-state index contributed by atoms with van der Waals surface area (Å²) >= 11 is 0. The molecule has 1 saturated heterocycles. The maximum absolute atomic E-state index is 13.2. The van der Waals surface area contributed by atoms with E-state index in [0.717, 1.165) is 30.5 Å². The summed E-state index contributed by atoms with van der Waals surface area (Å²) < 4.78 is 35.6. The monoisotopic (exact) mass is 448 g/mol. The minimum Gasteiger partial charge on any atom is -0.494 e. The molecule has 0 spiro atoms. The molecule has 2 N–H and O–H groups in total. The molecule has 0 radical (unpaired) electrons. The largest absolute Gasteiger partial charge is 0.494 e. The minimum absolute atomic E-state index is 0.00689. The Hall–Kier alpha value is -2.49. The van der Waals surface area contributed by atoms with Crippen LogP contribution in [0.2, 0.25) is 0 Å². The standard InChI is InChI=1S/C22H28N2O6S/c1-2-18-6-5-17(16-23-18)4-3-13-30-19-7-9-20(10-8-19)31(27,28)22(21(25)24-26)11-14-29-15-12-22/h5-10,16,26H,2-4,11-15H2,1H3,(H,24,25). The normalized spacial score (nSPS) is 15.9. The topological polar surface area (TPSA) is 115 Å². The predicted octanol–water partition coefficient (Wildman–Crippen LogP) is 2.48. The lowest BCUT2D eigenvalue weighted by molar-refractivity contribution is -0.134. The van der Waals surface area contributed by atoms with Gasteiger partial charge in [0, 0.05) is 25.1 Å². The average molecular weight is 449 g/mol. The van der Waals surface area contributed by atoms with Crippen molar-refractivity contribution in [2.24, 2.45) is 0 Å². The number of hydrogen-bond donors (Lipinski definition) is 2. The lowest BCUT2D eigenvalue weighted by Crippen LogP contribution is -2.54. The first-order valence-corrected chi connectivity index (χ1v) is 11.8. The summed E-state index contributed by atoms with van der Waals surface area (Å²) in [6.45, 7) is 2.81. The van der Waals surface area contributed by atoms with Gasteiger partial charge in [-0.05, 0) is 68.0 Å². The van der Waals surface area contributed by atoms with E-state index < -0.39 is 20.5 Å². The van der Waals surface area contributed by atoms with Crippen molar-refractivity contribution in [1.29, 1.82) is 0 Å². The molecule has 2 heterocycles. The van der Waals surface area contributed by atoms with Crippen LogP contribution in [-0.4, -0.2) is 49.1 Å². The van der Waals surface area contributed by atoms with E-state index in [-0.39, 0.29) is 31.0 Å². The summed E-state index contributed by atoms with van der Waals surface area (Å²) in [5.41, 5.74) is 3.72. The third-order valence-corrected chi connectivity index (χ3v) is 8.11. The Morgan fingerprint density at radius 3 is 2.48 bits per heavy atom. The average Bonchev–Trinajstić information content (AvgIpc) is 2.82. The van der Waals surface area contributed by atoms with E-state index in [1.807, 2.05) is 12.3 Å². The summed E-state index contributed by atoms with van der Waals surface area (Å²) in [5, 5.41) is 9.11. The molecule has 0 aliphatic carbocycles. The van der Waals surface area contributed by atoms with Gasteiger partial charge in [0.1, 0.15) is 5.75 Å². The van der Waals surface area contributed by atoms with Gasteiger partial charge in [-0.25, -0.2) is 13.9 Å². The number of benzene rings is 1. The van der Waals surface area contributed by atoms with Crippen LogP contribution < -0.4 is 10.2 Å². The highest BCUT2D eigenvalue weighted by Gasteiger charge is 2.52. The first kappa shape index (κ1) is 23.2. The second-order valence-electron chi connectivity index (χ2n) is 7.49. The number of sulfone groups is 1. The fourth-order valence-corrected chi connectivity index (χ4v) is 5.58. The number of aryl methyl sites for hydroxylation is 2. The fraction of sp³-hybridized carbons (Fsp3) is 0.455. The number of hydrogen-bond acceptors (Lipinski definition) is 7. The first-order chi connectivity index (χ1) is 14.9. The zero-order chi connectivity index (χ0) is 22.3. The summed E-state index contributed by atoms with van der Waals surface area (Å²) in [4.78, 5) is 16.7. The zero-order valence-corrected chi connectivity index (χ0v) is 18.4. The van der Waals surface area contributed by atoms with Gasteiger partial charge in [0.25, 0.3) is 5.91 Å². The van der Waals surface area contributed by atoms with Crippen molar-refractivity contribution < 1.29 is 27.9 Å². The lowest BCUT2D eigenvalue weighted by Gasteiger charge is -2.34. The van der Waals surface area contributed by atoms with E-state index in [4.69, 9.17) is 14.7 Å². The summed E-state index contributed by atoms with van der Waals surface area (Å²) in [6, 6.07) is 10.1. The van der Waals surface area contributed by atoms with Crippen LogP contribution in [0.1, 0.15) is 37.4 Å². The lowest BCUT2D eigenvalue weighted by atomic mass is 9.98. The molecule has 1 aromatic heterocycles. The molecule has 1 amide bonds. The van der Waals surface area contributed by atoms with Gasteiger partial charge in [0.15, 0.2) is 14.6 Å². The Morgan fingerprint density at radius 1 is 1.19 bits per heavy atom. The van der Waals surface area contributed by atoms with Gasteiger partial charge >= 0.3 is 0 Å². The highest BCUT2D eigenvalue weighted by atomic mass is 32.2. The number of ether oxygens (including phenoxy) is 2. The van der Waals surface area contributed by atoms with E-state index in [1.165, 1.54) is 17.6 Å². The third-order valence-electron chi connectivity index (χ3n) is 5.59. The summed E-state index contributed by atoms with van der Waals surface area (Å²) in [5.74, 6) is -0.386. The molecule has 168 valence electrons. The number of hydroxylamine groups is 1. The van der Waals surface area contributed by atoms with Crippen LogP contribution in [0, 0.1) is 0 Å². The van der Waals surface area contributed by atoms with Gasteiger partial charge in [-0.1, -0.05) is 13.0 Å². The predicted molar refractivity (Wildman–Crippen MR) is 114 cm³/mol. The first-order valence-electron chi connectivity index (χ1n) is 10.4. The number of rotatable bonds is 9. The maximum Gasteiger partial charge on any atom is 0.265 e. The minimum atomic E-state index is -4.03. The van der Waals surface area contributed by atoms with Gasteiger partial charge in [0.2, 0.25) is 0 Å². The second-order valence-corrected chi connectivity index (χ2v) is 9.75. The summed E-state index contributed by atoms with van der Waals surface area (Å²) in [7, 11) is -4.03. The molecule has 8 nitrogen and oxygen atoms in total. The molecule has 0 unspecified atom stereocenters. The molecule has 1 aliphatic rings. The van der Waals surface area contributed by atoms with Gasteiger partial charge in [0.05, 0.1) is 11.5 Å². The van der Waals surface area contributed by atoms with Crippen molar-refractivity contribution in [2.75, 3.05) is 19.8 Å². The van der Waals surface area contributed by atoms with Gasteiger partial charge in [-0.15, -0.1) is 0 Å². The van der Waals surface area contributed by atoms with Crippen LogP contribution in [0.5, 0.6) is 5.75 Å². The third kappa shape index (κ3) is 5.06. The van der Waals surface area contributed by atoms with Crippen molar-refractivity contribution in [1.82, 2.24) is 10.5 Å². The molecule has 1 aromatic carbocycles. The highest BCUT2D eigenvalue weighted by Crippen LogP contribution is 2.35. The Bertz CT molecular complexity index is 968. The van der Waals surface area contributed by atoms with E-state index in [2.05, 4.69) is 18.0 Å². The Kier molecular flexibility index (Phi) is 7.64. The van der Waals surface area contributed by atoms with Crippen LogP contribution in [-0.2, 0) is 32.2 Å². The van der Waals surface area contributed by atoms with E-state index in [9.17, 15) is 13.2 Å². The quantitative estimate of drug-likeness (QED) is 0.344. The van der Waals surface area contributed by atoms with Gasteiger partial charge in [-0.3, -0.25) is 15.0 Å². The molecule has 9 heteroatoms. The summed E-state index contributed by atoms with van der Waals surface area (Å²) in [6.07, 6.45) is 4.39. The van der Waals surface area contributed by atoms with E-state index in [0.29, 0.717) is 12.4 Å². The SMILES string of the molecule is CCc1ccc(CCCOc2ccc(S(=O)(=O)C3(C(=O)NO)CCOCC3)cc2)cn1. The molecule has 0 saturated carbocycles. The van der Waals surface area contributed by atoms with Crippen LogP contribution >= 0.6 is 0 Å². The number of aromatic nitrogens is 1. The van der Waals surface area contributed by atoms with Crippen molar-refractivity contribution in [2.45, 2.75) is 48.7 Å². The van der Waals surface area contributed by atoms with E-state index in [1.54, 1.807) is 12.1 Å². The number of carbonyl (C=O) groups is 1. The molecule has 1 fully saturated rings. The maximum atomic E-state index is 13.2. The molecule has 3 rings (SSSR count). The number of nitrogens with one attached hydrogen (secondary N) is 1. The number of amides is 1. The van der Waals surface area contributed by atoms with E-state index >= 15 is 0 Å². The molecular formula is C22H28N2O6S. The molecular weight excluding hydrogens is 420 g/mol. The van der Waals surface area contributed by atoms with Crippen molar-refractivity contribution in [3.63, 3.8) is 0 Å². The van der Waals surface area contributed by atoms with Crippen LogP contribution in [0.4, 0.5) is 0 Å². The van der Waals surface area contributed by atoms with Gasteiger partial charge in [-0.2, -0.15) is 0 Å². The molecule has 1 aliphatic heterocycles. The number of carbonyl (C=O) groups excluding carboxylic acids is 1. The van der Waals surface area contributed by atoms with Crippen LogP contribution in [0.3, 0.4) is 0 Å². The molecule has 0 atom stereocenters. The Morgan fingerprint density at radius 2 is 1.90 bits per heavy atom. The van der Waals surface area contributed by atoms with Crippen molar-refractivity contribution >= 4 is 15.7 Å². The number of nitrogens with zero attached hydrogens (tertiary/aromatic N) is 1. The van der Waals surface area contributed by atoms with Crippen molar-refractivity contribution in [3.8, 4) is 5.75 Å². The number of pyridine rings is 1. The Balaban J connectivity index is 1.61. The zero-order valence-electron chi connectivity index (χ0n) is 17.5. The Labute approximate surface area is 182 Å². The molecule has 2 aromatic rings. The van der Waals surface area contributed by atoms with Crippen LogP contribution in [0.25, 0.3) is 0 Å². The fourth-order valence-electron chi connectivity index (χ4n) is 3.64. The smallest absolute Gasteiger partial charge is 0.265 e. The van der Waals surface area contributed by atoms with Crippen molar-refractivity contribution in [3.05, 3.63) is 53.9 Å². The van der Waals surface area contributed by atoms with Crippen LogP contribution in [0.15, 0.2) is 47.5 Å². The highest BCUT2D eigenvalue weighted by molar-refractivity contribution is 7.93. The van der Waals surface area contributed by atoms with Gasteiger partial charge < -0.3 is 9.47 Å². The molecule has 31 heavy (non-hydrogen) atoms. The molecule has 0 bridgehead atoms. The second kappa shape index (κ2) is 10.2.